The number of amides is 2. The molecule has 0 saturated carbocycles. The fraction of sp³-hybridized carbons (Fsp3) is 0.167. The van der Waals surface area contributed by atoms with E-state index in [1.165, 1.54) is 0 Å². The van der Waals surface area contributed by atoms with E-state index in [1.54, 1.807) is 22.1 Å². The molecule has 8 heteroatoms. The number of pyridine rings is 1. The lowest BCUT2D eigenvalue weighted by Crippen LogP contribution is -2.43. The molecule has 0 fully saturated rings. The summed E-state index contributed by atoms with van der Waals surface area (Å²) in [5, 5.41) is 0. The van der Waals surface area contributed by atoms with Crippen molar-refractivity contribution in [1.82, 2.24) is 9.88 Å². The van der Waals surface area contributed by atoms with Crippen LogP contribution in [0.5, 0.6) is 23.1 Å². The molecule has 2 aromatic carbocycles. The van der Waals surface area contributed by atoms with Crippen molar-refractivity contribution >= 4 is 27.6 Å². The summed E-state index contributed by atoms with van der Waals surface area (Å²) in [5.41, 5.74) is 2.69. The van der Waals surface area contributed by atoms with Gasteiger partial charge in [-0.1, -0.05) is 6.07 Å². The van der Waals surface area contributed by atoms with Crippen LogP contribution in [-0.2, 0) is 6.54 Å². The second-order valence-corrected chi connectivity index (χ2v) is 8.38. The third-order valence-electron chi connectivity index (χ3n) is 5.22. The average Bonchev–Trinajstić information content (AvgIpc) is 3.26. The molecule has 2 aliphatic rings. The highest BCUT2D eigenvalue weighted by Gasteiger charge is 2.25. The fourth-order valence-electron chi connectivity index (χ4n) is 3.60. The zero-order valence-electron chi connectivity index (χ0n) is 17.3. The standard InChI is InChI=1S/C24H20BrN3O4/c1-16-11-19(5-7-20(16)32-23-8-4-18(25)13-26-23)28-10-2-9-27(24(28)29)14-17-3-6-21-22(12-17)31-15-30-21/h2-9,11-13H,10,14-15H2,1H3. The number of hydrogen-bond acceptors (Lipinski definition) is 5. The van der Waals surface area contributed by atoms with E-state index in [2.05, 4.69) is 20.9 Å². The van der Waals surface area contributed by atoms with Crippen molar-refractivity contribution in [3.05, 3.63) is 82.6 Å². The van der Waals surface area contributed by atoms with Crippen LogP contribution in [0.25, 0.3) is 0 Å². The molecule has 162 valence electrons. The van der Waals surface area contributed by atoms with E-state index in [0.717, 1.165) is 27.0 Å². The summed E-state index contributed by atoms with van der Waals surface area (Å²) in [6.45, 7) is 3.13. The lowest BCUT2D eigenvalue weighted by Gasteiger charge is -2.32. The molecule has 0 N–H and O–H groups in total. The molecule has 32 heavy (non-hydrogen) atoms. The van der Waals surface area contributed by atoms with E-state index in [-0.39, 0.29) is 12.8 Å². The minimum Gasteiger partial charge on any atom is -0.454 e. The maximum Gasteiger partial charge on any atom is 0.329 e. The van der Waals surface area contributed by atoms with Crippen LogP contribution in [0.1, 0.15) is 11.1 Å². The van der Waals surface area contributed by atoms with Gasteiger partial charge in [0.25, 0.3) is 0 Å². The molecular formula is C24H20BrN3O4. The minimum absolute atomic E-state index is 0.0900. The van der Waals surface area contributed by atoms with Crippen LogP contribution >= 0.6 is 15.9 Å². The average molecular weight is 494 g/mol. The smallest absolute Gasteiger partial charge is 0.329 e. The second kappa shape index (κ2) is 8.55. The maximum atomic E-state index is 13.2. The zero-order chi connectivity index (χ0) is 22.1. The highest BCUT2D eigenvalue weighted by atomic mass is 79.9. The Hall–Kier alpha value is -3.52. The third kappa shape index (κ3) is 4.13. The van der Waals surface area contributed by atoms with Crippen molar-refractivity contribution in [1.29, 1.82) is 0 Å². The number of fused-ring (bicyclic) bond motifs is 1. The van der Waals surface area contributed by atoms with Gasteiger partial charge in [0.2, 0.25) is 12.7 Å². The van der Waals surface area contributed by atoms with Crippen LogP contribution in [-0.4, -0.2) is 29.3 Å². The summed E-state index contributed by atoms with van der Waals surface area (Å²) in [5.74, 6) is 2.64. The molecule has 0 spiro atoms. The van der Waals surface area contributed by atoms with Crippen molar-refractivity contribution in [3.8, 4) is 23.1 Å². The molecule has 3 heterocycles. The number of carbonyl (C=O) groups is 1. The lowest BCUT2D eigenvalue weighted by molar-refractivity contribution is 0.174. The quantitative estimate of drug-likeness (QED) is 0.460. The van der Waals surface area contributed by atoms with Crippen molar-refractivity contribution in [3.63, 3.8) is 0 Å². The number of hydrogen-bond donors (Lipinski definition) is 0. The van der Waals surface area contributed by atoms with E-state index in [1.807, 2.05) is 61.7 Å². The van der Waals surface area contributed by atoms with Gasteiger partial charge in [0.15, 0.2) is 11.5 Å². The van der Waals surface area contributed by atoms with Gasteiger partial charge in [-0.15, -0.1) is 0 Å². The number of nitrogens with zero attached hydrogens (tertiary/aromatic N) is 3. The first-order valence-electron chi connectivity index (χ1n) is 10.1. The van der Waals surface area contributed by atoms with Gasteiger partial charge in [-0.2, -0.15) is 0 Å². The van der Waals surface area contributed by atoms with Gasteiger partial charge in [-0.3, -0.25) is 9.80 Å². The minimum atomic E-state index is -0.0900. The monoisotopic (exact) mass is 493 g/mol. The fourth-order valence-corrected chi connectivity index (χ4v) is 3.83. The molecule has 0 unspecified atom stereocenters. The second-order valence-electron chi connectivity index (χ2n) is 7.46. The number of carbonyl (C=O) groups excluding carboxylic acids is 1. The van der Waals surface area contributed by atoms with E-state index < -0.39 is 0 Å². The van der Waals surface area contributed by atoms with Crippen LogP contribution in [0.15, 0.2) is 71.5 Å². The van der Waals surface area contributed by atoms with Crippen LogP contribution in [0, 0.1) is 6.92 Å². The Morgan fingerprint density at radius 1 is 1.09 bits per heavy atom. The molecule has 7 nitrogen and oxygen atoms in total. The Balaban J connectivity index is 1.31. The van der Waals surface area contributed by atoms with Crippen LogP contribution in [0.3, 0.4) is 0 Å². The number of aryl methyl sites for hydroxylation is 1. The van der Waals surface area contributed by atoms with Gasteiger partial charge in [0.05, 0.1) is 6.54 Å². The molecule has 2 aliphatic heterocycles. The first kappa shape index (κ1) is 20.4. The van der Waals surface area contributed by atoms with E-state index in [0.29, 0.717) is 30.5 Å². The van der Waals surface area contributed by atoms with Gasteiger partial charge in [0.1, 0.15) is 5.75 Å². The van der Waals surface area contributed by atoms with Gasteiger partial charge in [0, 0.05) is 35.2 Å². The number of ether oxygens (including phenoxy) is 3. The maximum absolute atomic E-state index is 13.2. The highest BCUT2D eigenvalue weighted by molar-refractivity contribution is 9.10. The van der Waals surface area contributed by atoms with Crippen molar-refractivity contribution in [2.24, 2.45) is 0 Å². The van der Waals surface area contributed by atoms with E-state index >= 15 is 0 Å². The predicted octanol–water partition coefficient (Wildman–Crippen LogP) is 5.63. The number of aromatic nitrogens is 1. The molecule has 0 aliphatic carbocycles. The molecule has 1 aromatic heterocycles. The molecule has 5 rings (SSSR count). The number of benzene rings is 2. The Morgan fingerprint density at radius 2 is 1.97 bits per heavy atom. The van der Waals surface area contributed by atoms with Crippen molar-refractivity contribution < 1.29 is 19.0 Å². The topological polar surface area (TPSA) is 64.1 Å². The van der Waals surface area contributed by atoms with Crippen molar-refractivity contribution in [2.75, 3.05) is 18.2 Å². The largest absolute Gasteiger partial charge is 0.454 e. The first-order chi connectivity index (χ1) is 15.6. The summed E-state index contributed by atoms with van der Waals surface area (Å²) < 4.78 is 17.6. The van der Waals surface area contributed by atoms with Gasteiger partial charge in [-0.25, -0.2) is 9.78 Å². The van der Waals surface area contributed by atoms with Crippen LogP contribution < -0.4 is 19.1 Å². The number of rotatable bonds is 5. The normalized spacial score (nSPS) is 14.8. The highest BCUT2D eigenvalue weighted by Crippen LogP contribution is 2.34. The zero-order valence-corrected chi connectivity index (χ0v) is 18.9. The Bertz CT molecular complexity index is 1200. The summed E-state index contributed by atoms with van der Waals surface area (Å²) in [7, 11) is 0. The van der Waals surface area contributed by atoms with Gasteiger partial charge < -0.3 is 14.2 Å². The van der Waals surface area contributed by atoms with Gasteiger partial charge in [-0.05, 0) is 76.5 Å². The van der Waals surface area contributed by atoms with E-state index in [9.17, 15) is 4.79 Å². The number of urea groups is 1. The summed E-state index contributed by atoms with van der Waals surface area (Å²) in [4.78, 5) is 20.9. The molecule has 3 aromatic rings. The van der Waals surface area contributed by atoms with Crippen LogP contribution in [0.2, 0.25) is 0 Å². The Morgan fingerprint density at radius 3 is 2.78 bits per heavy atom. The Kier molecular flexibility index (Phi) is 5.45. The molecule has 0 bridgehead atoms. The summed E-state index contributed by atoms with van der Waals surface area (Å²) >= 11 is 3.37. The summed E-state index contributed by atoms with van der Waals surface area (Å²) in [6.07, 6.45) is 5.49. The Labute approximate surface area is 194 Å². The number of halogens is 1. The lowest BCUT2D eigenvalue weighted by atomic mass is 10.1. The molecule has 2 amide bonds. The molecular weight excluding hydrogens is 474 g/mol. The molecule has 0 radical (unpaired) electrons. The molecule has 0 atom stereocenters. The predicted molar refractivity (Wildman–Crippen MR) is 123 cm³/mol. The molecule has 0 saturated heterocycles. The van der Waals surface area contributed by atoms with Crippen LogP contribution in [0.4, 0.5) is 10.5 Å². The first-order valence-corrected chi connectivity index (χ1v) is 10.9. The SMILES string of the molecule is Cc1cc(N2CC=CN(Cc3ccc4c(c3)OCO4)C2=O)ccc1Oc1ccc(Br)cn1. The van der Waals surface area contributed by atoms with E-state index in [4.69, 9.17) is 14.2 Å². The number of anilines is 1. The summed E-state index contributed by atoms with van der Waals surface area (Å²) in [6, 6.07) is 15.0. The van der Waals surface area contributed by atoms with Gasteiger partial charge >= 0.3 is 6.03 Å². The van der Waals surface area contributed by atoms with Crippen molar-refractivity contribution in [2.45, 2.75) is 13.5 Å². The third-order valence-corrected chi connectivity index (χ3v) is 5.69.